The molecule has 0 aliphatic rings. The summed E-state index contributed by atoms with van der Waals surface area (Å²) in [7, 11) is 0. The number of ketones is 1. The topological polar surface area (TPSA) is 17.1 Å². The molecule has 14 heavy (non-hydrogen) atoms. The molecule has 0 aliphatic heterocycles. The molecule has 0 aromatic heterocycles. The van der Waals surface area contributed by atoms with Crippen LogP contribution in [-0.2, 0) is 0 Å². The number of carbonyl (C=O) groups excluding carboxylic acids is 1. The summed E-state index contributed by atoms with van der Waals surface area (Å²) in [6, 6.07) is 11.7. The van der Waals surface area contributed by atoms with E-state index in [1.54, 1.807) is 6.92 Å². The number of carbonyl (C=O) groups is 1. The molecule has 2 rings (SSSR count). The number of thiol groups is 1. The van der Waals surface area contributed by atoms with Crippen molar-refractivity contribution in [3.63, 3.8) is 0 Å². The van der Waals surface area contributed by atoms with Gasteiger partial charge in [-0.05, 0) is 23.8 Å². The van der Waals surface area contributed by atoms with Crippen LogP contribution >= 0.6 is 12.6 Å². The smallest absolute Gasteiger partial charge is 0.160 e. The van der Waals surface area contributed by atoms with Crippen LogP contribution in [0.15, 0.2) is 41.3 Å². The minimum atomic E-state index is 0.0563. The van der Waals surface area contributed by atoms with Crippen LogP contribution < -0.4 is 0 Å². The van der Waals surface area contributed by atoms with Gasteiger partial charge in [0.05, 0.1) is 0 Å². The first-order chi connectivity index (χ1) is 6.70. The van der Waals surface area contributed by atoms with Gasteiger partial charge in [0.2, 0.25) is 0 Å². The highest BCUT2D eigenvalue weighted by molar-refractivity contribution is 7.80. The fourth-order valence-electron chi connectivity index (χ4n) is 1.54. The zero-order chi connectivity index (χ0) is 10.1. The van der Waals surface area contributed by atoms with Gasteiger partial charge >= 0.3 is 0 Å². The molecule has 0 N–H and O–H groups in total. The molecule has 0 fully saturated rings. The van der Waals surface area contributed by atoms with Gasteiger partial charge in [-0.1, -0.05) is 30.3 Å². The van der Waals surface area contributed by atoms with Crippen molar-refractivity contribution < 1.29 is 4.79 Å². The summed E-state index contributed by atoms with van der Waals surface area (Å²) in [4.78, 5) is 12.0. The number of fused-ring (bicyclic) bond motifs is 1. The Bertz CT molecular complexity index is 503. The minimum absolute atomic E-state index is 0.0563. The second kappa shape index (κ2) is 3.46. The van der Waals surface area contributed by atoms with E-state index in [1.807, 2.05) is 36.4 Å². The summed E-state index contributed by atoms with van der Waals surface area (Å²) in [5.74, 6) is 0.0563. The van der Waals surface area contributed by atoms with Crippen molar-refractivity contribution in [1.29, 1.82) is 0 Å². The predicted octanol–water partition coefficient (Wildman–Crippen LogP) is 3.33. The van der Waals surface area contributed by atoms with Crippen LogP contribution in [-0.4, -0.2) is 5.78 Å². The van der Waals surface area contributed by atoms with E-state index in [2.05, 4.69) is 12.6 Å². The molecule has 70 valence electrons. The molecule has 0 radical (unpaired) electrons. The van der Waals surface area contributed by atoms with Crippen LogP contribution in [0.2, 0.25) is 0 Å². The van der Waals surface area contributed by atoms with Crippen LogP contribution in [0, 0.1) is 0 Å². The van der Waals surface area contributed by atoms with E-state index >= 15 is 0 Å². The summed E-state index contributed by atoms with van der Waals surface area (Å²) in [6.07, 6.45) is 0. The highest BCUT2D eigenvalue weighted by atomic mass is 32.1. The Hall–Kier alpha value is -1.28. The lowest BCUT2D eigenvalue weighted by Gasteiger charge is -2.05. The van der Waals surface area contributed by atoms with Gasteiger partial charge in [-0.15, -0.1) is 12.6 Å². The molecule has 0 amide bonds. The van der Waals surface area contributed by atoms with Crippen molar-refractivity contribution in [3.8, 4) is 0 Å². The van der Waals surface area contributed by atoms with Gasteiger partial charge in [-0.2, -0.15) is 0 Å². The van der Waals surface area contributed by atoms with Gasteiger partial charge in [0.15, 0.2) is 5.78 Å². The quantitative estimate of drug-likeness (QED) is 0.554. The molecule has 0 saturated heterocycles. The molecule has 0 heterocycles. The molecular weight excluding hydrogens is 192 g/mol. The molecular formula is C12H10OS. The molecule has 0 unspecified atom stereocenters. The molecule has 0 spiro atoms. The first-order valence-electron chi connectivity index (χ1n) is 4.42. The Morgan fingerprint density at radius 1 is 1.14 bits per heavy atom. The Kier molecular flexibility index (Phi) is 2.30. The molecule has 0 atom stereocenters. The normalized spacial score (nSPS) is 10.4. The molecule has 2 aromatic rings. The van der Waals surface area contributed by atoms with E-state index in [1.165, 1.54) is 0 Å². The highest BCUT2D eigenvalue weighted by Crippen LogP contribution is 2.25. The standard InChI is InChI=1S/C12H10OS/c1-8(13)10-7-6-9-4-2-3-5-11(9)12(10)14/h2-7,14H,1H3. The summed E-state index contributed by atoms with van der Waals surface area (Å²) in [5.41, 5.74) is 0.687. The minimum Gasteiger partial charge on any atom is -0.294 e. The van der Waals surface area contributed by atoms with Gasteiger partial charge in [0.1, 0.15) is 0 Å². The van der Waals surface area contributed by atoms with Crippen molar-refractivity contribution in [2.45, 2.75) is 11.8 Å². The Morgan fingerprint density at radius 3 is 2.57 bits per heavy atom. The van der Waals surface area contributed by atoms with Gasteiger partial charge in [0, 0.05) is 10.5 Å². The van der Waals surface area contributed by atoms with Gasteiger partial charge in [-0.3, -0.25) is 4.79 Å². The first kappa shape index (κ1) is 9.28. The van der Waals surface area contributed by atoms with Crippen molar-refractivity contribution in [2.24, 2.45) is 0 Å². The second-order valence-electron chi connectivity index (χ2n) is 3.24. The molecule has 2 aromatic carbocycles. The van der Waals surface area contributed by atoms with Crippen molar-refractivity contribution in [3.05, 3.63) is 42.0 Å². The highest BCUT2D eigenvalue weighted by Gasteiger charge is 2.06. The van der Waals surface area contributed by atoms with Crippen LogP contribution in [0.4, 0.5) is 0 Å². The lowest BCUT2D eigenvalue weighted by atomic mass is 10.0. The van der Waals surface area contributed by atoms with Crippen LogP contribution in [0.1, 0.15) is 17.3 Å². The molecule has 1 nitrogen and oxygen atoms in total. The van der Waals surface area contributed by atoms with Gasteiger partial charge in [-0.25, -0.2) is 0 Å². The molecule has 0 aliphatic carbocycles. The SMILES string of the molecule is CC(=O)c1ccc2ccccc2c1S. The fourth-order valence-corrected chi connectivity index (χ4v) is 1.97. The largest absolute Gasteiger partial charge is 0.294 e. The third kappa shape index (κ3) is 1.42. The average molecular weight is 202 g/mol. The van der Waals surface area contributed by atoms with E-state index in [0.29, 0.717) is 5.56 Å². The van der Waals surface area contributed by atoms with E-state index in [9.17, 15) is 4.79 Å². The Morgan fingerprint density at radius 2 is 1.86 bits per heavy atom. The lowest BCUT2D eigenvalue weighted by molar-refractivity contribution is 0.101. The predicted molar refractivity (Wildman–Crippen MR) is 61.2 cm³/mol. The third-order valence-electron chi connectivity index (χ3n) is 2.28. The number of hydrogen-bond donors (Lipinski definition) is 1. The Balaban J connectivity index is 2.81. The van der Waals surface area contributed by atoms with Gasteiger partial charge < -0.3 is 0 Å². The van der Waals surface area contributed by atoms with Crippen LogP contribution in [0.5, 0.6) is 0 Å². The zero-order valence-corrected chi connectivity index (χ0v) is 8.71. The van der Waals surface area contributed by atoms with Crippen molar-refractivity contribution >= 4 is 29.2 Å². The number of Topliss-reactive ketones (excluding diaryl/α,β-unsaturated/α-hetero) is 1. The first-order valence-corrected chi connectivity index (χ1v) is 4.86. The van der Waals surface area contributed by atoms with E-state index in [0.717, 1.165) is 15.7 Å². The maximum atomic E-state index is 11.3. The van der Waals surface area contributed by atoms with E-state index in [4.69, 9.17) is 0 Å². The summed E-state index contributed by atoms with van der Waals surface area (Å²) in [5, 5.41) is 2.14. The van der Waals surface area contributed by atoms with Crippen molar-refractivity contribution in [1.82, 2.24) is 0 Å². The summed E-state index contributed by atoms with van der Waals surface area (Å²) in [6.45, 7) is 1.56. The van der Waals surface area contributed by atoms with E-state index in [-0.39, 0.29) is 5.78 Å². The second-order valence-corrected chi connectivity index (χ2v) is 3.69. The third-order valence-corrected chi connectivity index (χ3v) is 2.76. The summed E-state index contributed by atoms with van der Waals surface area (Å²) < 4.78 is 0. The maximum absolute atomic E-state index is 11.3. The number of rotatable bonds is 1. The van der Waals surface area contributed by atoms with Crippen LogP contribution in [0.25, 0.3) is 10.8 Å². The Labute approximate surface area is 88.2 Å². The van der Waals surface area contributed by atoms with Crippen LogP contribution in [0.3, 0.4) is 0 Å². The average Bonchev–Trinajstić information content (AvgIpc) is 2.18. The molecule has 0 saturated carbocycles. The zero-order valence-electron chi connectivity index (χ0n) is 7.82. The van der Waals surface area contributed by atoms with Gasteiger partial charge in [0.25, 0.3) is 0 Å². The van der Waals surface area contributed by atoms with Crippen molar-refractivity contribution in [2.75, 3.05) is 0 Å². The summed E-state index contributed by atoms with van der Waals surface area (Å²) >= 11 is 4.38. The fraction of sp³-hybridized carbons (Fsp3) is 0.0833. The molecule has 0 bridgehead atoms. The lowest BCUT2D eigenvalue weighted by Crippen LogP contribution is -1.93. The monoisotopic (exact) mass is 202 g/mol. The molecule has 2 heteroatoms. The van der Waals surface area contributed by atoms with E-state index < -0.39 is 0 Å². The number of benzene rings is 2. The maximum Gasteiger partial charge on any atom is 0.160 e. The number of hydrogen-bond acceptors (Lipinski definition) is 2.